The van der Waals surface area contributed by atoms with Gasteiger partial charge in [-0.25, -0.2) is 0 Å². The summed E-state index contributed by atoms with van der Waals surface area (Å²) < 4.78 is 0. The average Bonchev–Trinajstić information content (AvgIpc) is 2.64. The molecule has 0 aromatic carbocycles. The predicted molar refractivity (Wildman–Crippen MR) is 133 cm³/mol. The highest BCUT2D eigenvalue weighted by Crippen LogP contribution is 2.61. The number of hydrogen-bond donors (Lipinski definition) is 0. The van der Waals surface area contributed by atoms with Crippen LogP contribution in [0.3, 0.4) is 0 Å². The maximum atomic E-state index is 2.38. The lowest BCUT2D eigenvalue weighted by Gasteiger charge is -2.37. The van der Waals surface area contributed by atoms with Gasteiger partial charge in [0.15, 0.2) is 0 Å². The van der Waals surface area contributed by atoms with E-state index in [0.717, 1.165) is 0 Å². The summed E-state index contributed by atoms with van der Waals surface area (Å²) in [5, 5.41) is 0. The van der Waals surface area contributed by atoms with Crippen LogP contribution in [-0.4, -0.2) is 24.6 Å². The van der Waals surface area contributed by atoms with E-state index < -0.39 is 7.26 Å². The summed E-state index contributed by atoms with van der Waals surface area (Å²) in [6, 6.07) is 0. The minimum absolute atomic E-state index is 0. The van der Waals surface area contributed by atoms with Crippen molar-refractivity contribution in [1.29, 1.82) is 0 Å². The van der Waals surface area contributed by atoms with Crippen LogP contribution >= 0.6 is 24.2 Å². The van der Waals surface area contributed by atoms with Gasteiger partial charge in [-0.3, -0.25) is 0 Å². The van der Waals surface area contributed by atoms with Gasteiger partial charge in [0, 0.05) is 0 Å². The van der Waals surface area contributed by atoms with Gasteiger partial charge in [0.2, 0.25) is 0 Å². The molecule has 0 aliphatic rings. The molecule has 0 saturated carbocycles. The van der Waals surface area contributed by atoms with Gasteiger partial charge in [-0.2, -0.15) is 0 Å². The molecule has 0 unspecified atom stereocenters. The van der Waals surface area contributed by atoms with Crippen molar-refractivity contribution in [1.82, 2.24) is 0 Å². The molecule has 0 saturated heterocycles. The molecule has 1 radical (unpaired) electrons. The van der Waals surface area contributed by atoms with Crippen molar-refractivity contribution in [2.75, 3.05) is 24.6 Å². The first kappa shape index (κ1) is 29.1. The zero-order chi connectivity index (χ0) is 18.6. The number of hydrogen-bond acceptors (Lipinski definition) is 0. The molecular formula is C24H53BrP. The molecule has 2 heteroatoms. The van der Waals surface area contributed by atoms with E-state index in [1.165, 1.54) is 96.3 Å². The monoisotopic (exact) mass is 451 g/mol. The van der Waals surface area contributed by atoms with E-state index in [0.29, 0.717) is 0 Å². The van der Waals surface area contributed by atoms with Gasteiger partial charge in [-0.05, 0) is 50.3 Å². The summed E-state index contributed by atoms with van der Waals surface area (Å²) in [6.07, 6.45) is 30.0. The van der Waals surface area contributed by atoms with E-state index >= 15 is 0 Å². The Balaban J connectivity index is 0. The minimum atomic E-state index is -0.620. The van der Waals surface area contributed by atoms with E-state index in [1.807, 2.05) is 0 Å². The summed E-state index contributed by atoms with van der Waals surface area (Å²) >= 11 is 0. The lowest BCUT2D eigenvalue weighted by Crippen LogP contribution is -2.13. The van der Waals surface area contributed by atoms with Gasteiger partial charge in [0.25, 0.3) is 0 Å². The van der Waals surface area contributed by atoms with E-state index in [4.69, 9.17) is 0 Å². The maximum Gasteiger partial charge on any atom is -0.0359 e. The highest BCUT2D eigenvalue weighted by molar-refractivity contribution is 8.93. The highest BCUT2D eigenvalue weighted by Gasteiger charge is 2.24. The zero-order valence-electron chi connectivity index (χ0n) is 19.0. The van der Waals surface area contributed by atoms with Crippen molar-refractivity contribution in [3.05, 3.63) is 0 Å². The Morgan fingerprint density at radius 2 is 0.615 bits per heavy atom. The van der Waals surface area contributed by atoms with Gasteiger partial charge in [0.05, 0.1) is 0 Å². The normalized spacial score (nSPS) is 11.5. The minimum Gasteiger partial charge on any atom is -0.125 e. The Bertz CT molecular complexity index is 233. The van der Waals surface area contributed by atoms with Crippen LogP contribution in [0, 0.1) is 0 Å². The molecule has 0 aromatic heterocycles. The second-order valence-corrected chi connectivity index (χ2v) is 13.0. The van der Waals surface area contributed by atoms with Crippen molar-refractivity contribution >= 4 is 24.2 Å². The number of halogens is 1. The van der Waals surface area contributed by atoms with E-state index in [2.05, 4.69) is 27.7 Å². The molecule has 0 bridgehead atoms. The topological polar surface area (TPSA) is 0 Å². The Morgan fingerprint density at radius 1 is 0.346 bits per heavy atom. The lowest BCUT2D eigenvalue weighted by atomic mass is 10.1. The fraction of sp³-hybridized carbons (Fsp3) is 1.00. The predicted octanol–water partition coefficient (Wildman–Crippen LogP) is 9.90. The third kappa shape index (κ3) is 17.0. The van der Waals surface area contributed by atoms with Crippen LogP contribution < -0.4 is 0 Å². The first-order valence-electron chi connectivity index (χ1n) is 12.1. The molecule has 26 heavy (non-hydrogen) atoms. The molecular weight excluding hydrogens is 399 g/mol. The maximum absolute atomic E-state index is 2.38. The molecule has 0 aromatic rings. The molecule has 161 valence electrons. The highest BCUT2D eigenvalue weighted by atomic mass is 79.9. The lowest BCUT2D eigenvalue weighted by molar-refractivity contribution is 0.562. The molecule has 0 spiro atoms. The zero-order valence-corrected chi connectivity index (χ0v) is 21.6. The summed E-state index contributed by atoms with van der Waals surface area (Å²) in [7, 11) is -0.620. The summed E-state index contributed by atoms with van der Waals surface area (Å²) in [4.78, 5) is 0. The molecule has 0 rings (SSSR count). The molecule has 0 nitrogen and oxygen atoms in total. The first-order valence-corrected chi connectivity index (χ1v) is 14.6. The van der Waals surface area contributed by atoms with Crippen LogP contribution in [0.1, 0.15) is 130 Å². The van der Waals surface area contributed by atoms with Crippen LogP contribution in [0.4, 0.5) is 0 Å². The Kier molecular flexibility index (Phi) is 24.9. The number of unbranched alkanes of at least 4 members (excludes halogenated alkanes) is 12. The van der Waals surface area contributed by atoms with Crippen molar-refractivity contribution in [3.8, 4) is 0 Å². The van der Waals surface area contributed by atoms with Crippen LogP contribution in [0.15, 0.2) is 0 Å². The van der Waals surface area contributed by atoms with Gasteiger partial charge in [-0.1, -0.05) is 105 Å². The van der Waals surface area contributed by atoms with Crippen LogP contribution in [0.2, 0.25) is 0 Å². The Labute approximate surface area is 179 Å². The summed E-state index contributed by atoms with van der Waals surface area (Å²) in [5.41, 5.74) is 0. The van der Waals surface area contributed by atoms with Gasteiger partial charge in [0.1, 0.15) is 0 Å². The van der Waals surface area contributed by atoms with Crippen molar-refractivity contribution in [3.63, 3.8) is 0 Å². The van der Waals surface area contributed by atoms with Crippen LogP contribution in [0.5, 0.6) is 0 Å². The second kappa shape index (κ2) is 22.2. The quantitative estimate of drug-likeness (QED) is 0.127. The smallest absolute Gasteiger partial charge is 0.0359 e. The van der Waals surface area contributed by atoms with Gasteiger partial charge >= 0.3 is 0 Å². The molecule has 0 atom stereocenters. The van der Waals surface area contributed by atoms with E-state index in [9.17, 15) is 0 Å². The van der Waals surface area contributed by atoms with E-state index in [1.54, 1.807) is 31.1 Å². The molecule has 0 aliphatic heterocycles. The van der Waals surface area contributed by atoms with Crippen molar-refractivity contribution in [2.24, 2.45) is 0 Å². The average molecular weight is 453 g/mol. The first-order chi connectivity index (χ1) is 12.2. The fourth-order valence-electron chi connectivity index (χ4n) is 4.09. The SMILES string of the molecule is Br.CCCCCCCCCCCC[P](CCCC)(CCCC)CCCC. The molecule has 0 heterocycles. The van der Waals surface area contributed by atoms with E-state index in [-0.39, 0.29) is 17.0 Å². The Hall–Kier alpha value is 0.910. The standard InChI is InChI=1S/C24H52P.BrH/c1-5-9-13-14-15-16-17-18-19-20-24-25(21-10-6-2,22-11-7-3)23-12-8-4;/h5-24H2,1-4H3;1H. The van der Waals surface area contributed by atoms with Gasteiger partial charge in [-0.15, -0.1) is 24.2 Å². The molecule has 0 aliphatic carbocycles. The summed E-state index contributed by atoms with van der Waals surface area (Å²) in [5.74, 6) is 0. The second-order valence-electron chi connectivity index (χ2n) is 8.48. The number of rotatable bonds is 20. The molecule has 0 fully saturated rings. The largest absolute Gasteiger partial charge is 0.125 e. The fourth-order valence-corrected chi connectivity index (χ4v) is 9.28. The third-order valence-corrected chi connectivity index (χ3v) is 11.0. The van der Waals surface area contributed by atoms with Gasteiger partial charge < -0.3 is 0 Å². The Morgan fingerprint density at radius 3 is 0.962 bits per heavy atom. The third-order valence-electron chi connectivity index (χ3n) is 5.94. The van der Waals surface area contributed by atoms with Crippen molar-refractivity contribution in [2.45, 2.75) is 130 Å². The molecule has 0 amide bonds. The van der Waals surface area contributed by atoms with Crippen LogP contribution in [0.25, 0.3) is 0 Å². The van der Waals surface area contributed by atoms with Crippen molar-refractivity contribution < 1.29 is 0 Å². The molecule has 0 N–H and O–H groups in total. The summed E-state index contributed by atoms with van der Waals surface area (Å²) in [6.45, 7) is 9.46. The van der Waals surface area contributed by atoms with Crippen LogP contribution in [-0.2, 0) is 0 Å².